The third-order valence-corrected chi connectivity index (χ3v) is 6.40. The van der Waals surface area contributed by atoms with Crippen molar-refractivity contribution < 1.29 is 19.7 Å². The zero-order valence-electron chi connectivity index (χ0n) is 18.9. The Bertz CT molecular complexity index is 737. The highest BCUT2D eigenvalue weighted by Crippen LogP contribution is 2.45. The van der Waals surface area contributed by atoms with Gasteiger partial charge in [-0.2, -0.15) is 5.26 Å². The summed E-state index contributed by atoms with van der Waals surface area (Å²) >= 11 is 0. The molecule has 31 heavy (non-hydrogen) atoms. The second kappa shape index (κ2) is 13.3. The van der Waals surface area contributed by atoms with Crippen LogP contribution >= 0.6 is 0 Å². The first kappa shape index (κ1) is 25.1. The first-order valence-corrected chi connectivity index (χ1v) is 11.6. The molecule has 5 atom stereocenters. The number of aliphatic hydroxyl groups is 2. The molecule has 1 fully saturated rings. The molecule has 0 amide bonds. The topological polar surface area (TPSA) is 90.5 Å². The van der Waals surface area contributed by atoms with Gasteiger partial charge in [-0.3, -0.25) is 4.79 Å². The lowest BCUT2D eigenvalue weighted by molar-refractivity contribution is -0.140. The van der Waals surface area contributed by atoms with Gasteiger partial charge in [0.25, 0.3) is 0 Å². The Hall–Kier alpha value is -2.16. The van der Waals surface area contributed by atoms with Crippen molar-refractivity contribution in [1.29, 1.82) is 5.26 Å². The number of carbonyl (C=O) groups excluding carboxylic acids is 1. The summed E-state index contributed by atoms with van der Waals surface area (Å²) in [7, 11) is 1.39. The van der Waals surface area contributed by atoms with Crippen LogP contribution in [0.3, 0.4) is 0 Å². The fourth-order valence-electron chi connectivity index (χ4n) is 4.58. The van der Waals surface area contributed by atoms with Crippen LogP contribution < -0.4 is 0 Å². The van der Waals surface area contributed by atoms with Crippen molar-refractivity contribution in [2.75, 3.05) is 7.11 Å². The molecule has 0 aliphatic heterocycles. The standard InChI is InChI=1S/C26H37NO4/c1-3-4-7-11-23(28)19-13-15-20(16-14-19)26-22(21(18-27)17-24(26)29)10-8-5-6-9-12-25(30)31-2/h5,8,13-16,21-24,26,28-29H,3-4,6-7,9-12,17H2,1-2H3/b8-5-/t21?,22-,23?,24+,26+/m0/s1. The molecule has 0 saturated heterocycles. The van der Waals surface area contributed by atoms with E-state index in [4.69, 9.17) is 0 Å². The molecule has 0 radical (unpaired) electrons. The number of ether oxygens (including phenoxy) is 1. The van der Waals surface area contributed by atoms with E-state index in [1.165, 1.54) is 7.11 Å². The number of carbonyl (C=O) groups is 1. The first-order chi connectivity index (χ1) is 15.0. The highest BCUT2D eigenvalue weighted by atomic mass is 16.5. The van der Waals surface area contributed by atoms with Gasteiger partial charge < -0.3 is 14.9 Å². The van der Waals surface area contributed by atoms with Crippen LogP contribution in [0.5, 0.6) is 0 Å². The molecule has 2 rings (SSSR count). The number of methoxy groups -OCH3 is 1. The minimum absolute atomic E-state index is 0.0529. The Labute approximate surface area is 186 Å². The zero-order chi connectivity index (χ0) is 22.6. The minimum Gasteiger partial charge on any atom is -0.469 e. The van der Waals surface area contributed by atoms with E-state index in [0.717, 1.165) is 56.1 Å². The van der Waals surface area contributed by atoms with Crippen LogP contribution in [-0.2, 0) is 9.53 Å². The third kappa shape index (κ3) is 7.48. The number of unbranched alkanes of at least 4 members (excludes halogenated alkanes) is 3. The van der Waals surface area contributed by atoms with Gasteiger partial charge in [0, 0.05) is 12.3 Å². The maximum absolute atomic E-state index is 11.2. The number of allylic oxidation sites excluding steroid dienone is 2. The molecular weight excluding hydrogens is 390 g/mol. The van der Waals surface area contributed by atoms with E-state index >= 15 is 0 Å². The predicted octanol–water partition coefficient (Wildman–Crippen LogP) is 5.19. The van der Waals surface area contributed by atoms with Crippen LogP contribution in [0.25, 0.3) is 0 Å². The van der Waals surface area contributed by atoms with Gasteiger partial charge in [0.2, 0.25) is 0 Å². The molecule has 0 bridgehead atoms. The molecule has 2 unspecified atom stereocenters. The summed E-state index contributed by atoms with van der Waals surface area (Å²) in [5.41, 5.74) is 1.94. The molecule has 1 aromatic rings. The second-order valence-electron chi connectivity index (χ2n) is 8.58. The van der Waals surface area contributed by atoms with E-state index in [0.29, 0.717) is 12.8 Å². The number of rotatable bonds is 12. The van der Waals surface area contributed by atoms with Crippen molar-refractivity contribution in [1.82, 2.24) is 0 Å². The molecular formula is C26H37NO4. The molecule has 1 saturated carbocycles. The summed E-state index contributed by atoms with van der Waals surface area (Å²) in [5, 5.41) is 30.7. The maximum atomic E-state index is 11.2. The molecule has 0 heterocycles. The average molecular weight is 428 g/mol. The van der Waals surface area contributed by atoms with Crippen molar-refractivity contribution in [3.05, 3.63) is 47.5 Å². The number of esters is 1. The van der Waals surface area contributed by atoms with Crippen molar-refractivity contribution in [3.63, 3.8) is 0 Å². The normalized spacial score (nSPS) is 24.2. The van der Waals surface area contributed by atoms with Crippen LogP contribution in [0.4, 0.5) is 0 Å². The van der Waals surface area contributed by atoms with Gasteiger partial charge in [0.1, 0.15) is 0 Å². The highest BCUT2D eigenvalue weighted by molar-refractivity contribution is 5.69. The number of nitrogens with zero attached hydrogens (tertiary/aromatic N) is 1. The SMILES string of the molecule is CCCCCC(O)c1ccc([C@H]2[C@H](O)CC(C#N)[C@@H]2C/C=C\CCCC(=O)OC)cc1. The van der Waals surface area contributed by atoms with Gasteiger partial charge in [-0.05, 0) is 49.1 Å². The fraction of sp³-hybridized carbons (Fsp3) is 0.615. The van der Waals surface area contributed by atoms with E-state index in [9.17, 15) is 20.3 Å². The lowest BCUT2D eigenvalue weighted by atomic mass is 9.82. The lowest BCUT2D eigenvalue weighted by Crippen LogP contribution is -2.18. The molecule has 0 spiro atoms. The van der Waals surface area contributed by atoms with Gasteiger partial charge in [-0.25, -0.2) is 0 Å². The monoisotopic (exact) mass is 427 g/mol. The van der Waals surface area contributed by atoms with Crippen LogP contribution in [-0.4, -0.2) is 29.4 Å². The fourth-order valence-corrected chi connectivity index (χ4v) is 4.58. The summed E-state index contributed by atoms with van der Waals surface area (Å²) in [4.78, 5) is 11.2. The van der Waals surface area contributed by atoms with Gasteiger partial charge in [-0.15, -0.1) is 0 Å². The van der Waals surface area contributed by atoms with Crippen LogP contribution in [0.15, 0.2) is 36.4 Å². The van der Waals surface area contributed by atoms with Gasteiger partial charge >= 0.3 is 5.97 Å². The lowest BCUT2D eigenvalue weighted by Gasteiger charge is -2.23. The van der Waals surface area contributed by atoms with Gasteiger partial charge in [0.15, 0.2) is 0 Å². The zero-order valence-corrected chi connectivity index (χ0v) is 18.9. The molecule has 5 nitrogen and oxygen atoms in total. The molecule has 170 valence electrons. The van der Waals surface area contributed by atoms with Crippen molar-refractivity contribution >= 4 is 5.97 Å². The Balaban J connectivity index is 2.00. The quantitative estimate of drug-likeness (QED) is 0.272. The predicted molar refractivity (Wildman–Crippen MR) is 121 cm³/mol. The average Bonchev–Trinajstić information content (AvgIpc) is 3.11. The summed E-state index contributed by atoms with van der Waals surface area (Å²) in [6, 6.07) is 10.3. The minimum atomic E-state index is -0.539. The molecule has 0 aromatic heterocycles. The molecule has 1 aromatic carbocycles. The maximum Gasteiger partial charge on any atom is 0.305 e. The number of hydrogen-bond acceptors (Lipinski definition) is 5. The Morgan fingerprint density at radius 1 is 1.26 bits per heavy atom. The molecule has 5 heteroatoms. The van der Waals surface area contributed by atoms with E-state index in [1.54, 1.807) is 0 Å². The number of hydrogen-bond donors (Lipinski definition) is 2. The van der Waals surface area contributed by atoms with Crippen molar-refractivity contribution in [2.24, 2.45) is 11.8 Å². The highest BCUT2D eigenvalue weighted by Gasteiger charge is 2.42. The van der Waals surface area contributed by atoms with Gasteiger partial charge in [0.05, 0.1) is 31.3 Å². The van der Waals surface area contributed by atoms with E-state index in [1.807, 2.05) is 24.3 Å². The van der Waals surface area contributed by atoms with E-state index in [2.05, 4.69) is 29.9 Å². The van der Waals surface area contributed by atoms with Crippen molar-refractivity contribution in [3.8, 4) is 6.07 Å². The third-order valence-electron chi connectivity index (χ3n) is 6.40. The Morgan fingerprint density at radius 3 is 2.65 bits per heavy atom. The summed E-state index contributed by atoms with van der Waals surface area (Å²) < 4.78 is 4.65. The molecule has 1 aliphatic rings. The molecule has 2 N–H and O–H groups in total. The second-order valence-corrected chi connectivity index (χ2v) is 8.58. The summed E-state index contributed by atoms with van der Waals surface area (Å²) in [5.74, 6) is -0.414. The van der Waals surface area contributed by atoms with Crippen molar-refractivity contribution in [2.45, 2.75) is 82.8 Å². The molecule has 1 aliphatic carbocycles. The summed E-state index contributed by atoms with van der Waals surface area (Å²) in [6.45, 7) is 2.15. The van der Waals surface area contributed by atoms with Crippen LogP contribution in [0, 0.1) is 23.2 Å². The number of nitriles is 1. The number of aliphatic hydroxyl groups excluding tert-OH is 2. The Kier molecular flexibility index (Phi) is 10.8. The van der Waals surface area contributed by atoms with Crippen LogP contribution in [0.1, 0.15) is 87.9 Å². The summed E-state index contributed by atoms with van der Waals surface area (Å²) in [6.07, 6.45) is 10.3. The largest absolute Gasteiger partial charge is 0.469 e. The number of benzene rings is 1. The first-order valence-electron chi connectivity index (χ1n) is 11.6. The van der Waals surface area contributed by atoms with Gasteiger partial charge in [-0.1, -0.05) is 62.6 Å². The van der Waals surface area contributed by atoms with E-state index in [-0.39, 0.29) is 23.7 Å². The Morgan fingerprint density at radius 2 is 2.00 bits per heavy atom. The smallest absolute Gasteiger partial charge is 0.305 e. The van der Waals surface area contributed by atoms with E-state index < -0.39 is 12.2 Å². The van der Waals surface area contributed by atoms with Crippen LogP contribution in [0.2, 0.25) is 0 Å².